The van der Waals surface area contributed by atoms with Crippen molar-refractivity contribution in [2.75, 3.05) is 19.7 Å². The maximum atomic E-state index is 11.7. The Labute approximate surface area is 113 Å². The zero-order chi connectivity index (χ0) is 14.0. The van der Waals surface area contributed by atoms with Gasteiger partial charge in [0.2, 0.25) is 5.91 Å². The largest absolute Gasteiger partial charge is 0.363 e. The number of hydrogen-bond donors (Lipinski definition) is 2. The van der Waals surface area contributed by atoms with Crippen LogP contribution in [0.3, 0.4) is 0 Å². The van der Waals surface area contributed by atoms with E-state index in [0.29, 0.717) is 6.54 Å². The lowest BCUT2D eigenvalue weighted by atomic mass is 10.0. The van der Waals surface area contributed by atoms with Crippen LogP contribution in [0.1, 0.15) is 23.9 Å². The van der Waals surface area contributed by atoms with E-state index in [2.05, 4.69) is 15.7 Å². The van der Waals surface area contributed by atoms with Gasteiger partial charge in [0.15, 0.2) is 0 Å². The molecule has 1 fully saturated rings. The lowest BCUT2D eigenvalue weighted by molar-refractivity contribution is -0.136. The second-order valence-electron chi connectivity index (χ2n) is 5.39. The summed E-state index contributed by atoms with van der Waals surface area (Å²) < 4.78 is 7.41. The van der Waals surface area contributed by atoms with Crippen molar-refractivity contribution in [3.05, 3.63) is 17.0 Å². The van der Waals surface area contributed by atoms with E-state index in [0.717, 1.165) is 30.0 Å². The van der Waals surface area contributed by atoms with Crippen LogP contribution in [0.4, 0.5) is 0 Å². The molecule has 0 unspecified atom stereocenters. The molecule has 2 N–H and O–H groups in total. The summed E-state index contributed by atoms with van der Waals surface area (Å²) in [5.41, 5.74) is 2.93. The minimum Gasteiger partial charge on any atom is -0.363 e. The van der Waals surface area contributed by atoms with Gasteiger partial charge in [-0.3, -0.25) is 9.48 Å². The molecule has 1 aromatic heterocycles. The Bertz CT molecular complexity index is 477. The molecule has 106 valence electrons. The smallest absolute Gasteiger partial charge is 0.246 e. The van der Waals surface area contributed by atoms with Crippen LogP contribution in [0.15, 0.2) is 0 Å². The van der Waals surface area contributed by atoms with Crippen LogP contribution in [0.2, 0.25) is 0 Å². The van der Waals surface area contributed by atoms with E-state index in [9.17, 15) is 4.79 Å². The van der Waals surface area contributed by atoms with Crippen molar-refractivity contribution in [1.82, 2.24) is 20.4 Å². The zero-order valence-corrected chi connectivity index (χ0v) is 12.0. The van der Waals surface area contributed by atoms with Crippen LogP contribution >= 0.6 is 0 Å². The van der Waals surface area contributed by atoms with E-state index in [1.165, 1.54) is 0 Å². The number of nitrogens with zero attached hydrogens (tertiary/aromatic N) is 2. The van der Waals surface area contributed by atoms with Gasteiger partial charge in [-0.2, -0.15) is 5.10 Å². The SMILES string of the molecule is Cc1nn(C)c(C)c1CNC(=O)COC1(C)CNC1. The average Bonchev–Trinajstić information content (AvgIpc) is 2.56. The summed E-state index contributed by atoms with van der Waals surface area (Å²) in [6, 6.07) is 0. The molecule has 0 saturated carbocycles. The van der Waals surface area contributed by atoms with Crippen molar-refractivity contribution in [2.45, 2.75) is 32.9 Å². The number of ether oxygens (including phenoxy) is 1. The highest BCUT2D eigenvalue weighted by atomic mass is 16.5. The van der Waals surface area contributed by atoms with Crippen LogP contribution in [0, 0.1) is 13.8 Å². The third-order valence-electron chi connectivity index (χ3n) is 3.67. The minimum absolute atomic E-state index is 0.0872. The standard InChI is InChI=1S/C13H22N4O2/c1-9-11(10(2)17(4)16-9)5-15-12(18)6-19-13(3)7-14-8-13/h14H,5-8H2,1-4H3,(H,15,18). The van der Waals surface area contributed by atoms with Gasteiger partial charge < -0.3 is 15.4 Å². The van der Waals surface area contributed by atoms with Gasteiger partial charge in [-0.05, 0) is 20.8 Å². The van der Waals surface area contributed by atoms with Crippen molar-refractivity contribution >= 4 is 5.91 Å². The molecule has 2 rings (SSSR count). The molecule has 19 heavy (non-hydrogen) atoms. The highest BCUT2D eigenvalue weighted by molar-refractivity contribution is 5.77. The normalized spacial score (nSPS) is 17.1. The van der Waals surface area contributed by atoms with Gasteiger partial charge in [0.1, 0.15) is 6.61 Å². The molecule has 6 heteroatoms. The number of nitrogens with one attached hydrogen (secondary N) is 2. The molecular formula is C13H22N4O2. The second kappa shape index (κ2) is 5.30. The molecule has 0 aliphatic carbocycles. The maximum Gasteiger partial charge on any atom is 0.246 e. The molecule has 1 aliphatic rings. The topological polar surface area (TPSA) is 68.2 Å². The fourth-order valence-corrected chi connectivity index (χ4v) is 2.13. The first-order valence-corrected chi connectivity index (χ1v) is 6.52. The van der Waals surface area contributed by atoms with Crippen molar-refractivity contribution < 1.29 is 9.53 Å². The van der Waals surface area contributed by atoms with E-state index in [1.54, 1.807) is 0 Å². The summed E-state index contributed by atoms with van der Waals surface area (Å²) in [7, 11) is 1.90. The van der Waals surface area contributed by atoms with Gasteiger partial charge in [-0.25, -0.2) is 0 Å². The summed E-state index contributed by atoms with van der Waals surface area (Å²) in [5, 5.41) is 10.3. The third kappa shape index (κ3) is 3.13. The van der Waals surface area contributed by atoms with Crippen LogP contribution in [0.5, 0.6) is 0 Å². The Balaban J connectivity index is 1.80. The molecule has 0 radical (unpaired) electrons. The number of carbonyl (C=O) groups is 1. The highest BCUT2D eigenvalue weighted by Crippen LogP contribution is 2.15. The summed E-state index contributed by atoms with van der Waals surface area (Å²) in [5.74, 6) is -0.0872. The van der Waals surface area contributed by atoms with Crippen LogP contribution in [-0.2, 0) is 23.1 Å². The van der Waals surface area contributed by atoms with Crippen LogP contribution < -0.4 is 10.6 Å². The molecule has 1 amide bonds. The van der Waals surface area contributed by atoms with Crippen molar-refractivity contribution in [2.24, 2.45) is 7.05 Å². The van der Waals surface area contributed by atoms with E-state index in [1.807, 2.05) is 32.5 Å². The number of hydrogen-bond acceptors (Lipinski definition) is 4. The average molecular weight is 266 g/mol. The Morgan fingerprint density at radius 2 is 2.21 bits per heavy atom. The predicted octanol–water partition coefficient (Wildman–Crippen LogP) is 0.0316. The number of aryl methyl sites for hydroxylation is 2. The van der Waals surface area contributed by atoms with Gasteiger partial charge in [0.25, 0.3) is 0 Å². The molecule has 0 atom stereocenters. The van der Waals surface area contributed by atoms with Gasteiger partial charge in [-0.15, -0.1) is 0 Å². The van der Waals surface area contributed by atoms with E-state index in [-0.39, 0.29) is 18.1 Å². The number of carbonyl (C=O) groups excluding carboxylic acids is 1. The molecule has 1 aromatic rings. The molecule has 1 aliphatic heterocycles. The summed E-state index contributed by atoms with van der Waals surface area (Å²) in [6.45, 7) is 8.18. The molecule has 2 heterocycles. The Hall–Kier alpha value is -1.40. The molecule has 0 aromatic carbocycles. The Morgan fingerprint density at radius 1 is 1.53 bits per heavy atom. The molecule has 6 nitrogen and oxygen atoms in total. The first-order valence-electron chi connectivity index (χ1n) is 6.52. The first kappa shape index (κ1) is 14.0. The Morgan fingerprint density at radius 3 is 2.68 bits per heavy atom. The Kier molecular flexibility index (Phi) is 3.91. The van der Waals surface area contributed by atoms with Crippen molar-refractivity contribution in [3.63, 3.8) is 0 Å². The summed E-state index contributed by atoms with van der Waals surface area (Å²) in [4.78, 5) is 11.7. The number of aromatic nitrogens is 2. The predicted molar refractivity (Wildman–Crippen MR) is 71.8 cm³/mol. The van der Waals surface area contributed by atoms with E-state index >= 15 is 0 Å². The summed E-state index contributed by atoms with van der Waals surface area (Å²) in [6.07, 6.45) is 0. The molecular weight excluding hydrogens is 244 g/mol. The quantitative estimate of drug-likeness (QED) is 0.789. The first-order chi connectivity index (χ1) is 8.91. The fourth-order valence-electron chi connectivity index (χ4n) is 2.13. The van der Waals surface area contributed by atoms with Crippen molar-refractivity contribution in [3.8, 4) is 0 Å². The second-order valence-corrected chi connectivity index (χ2v) is 5.39. The van der Waals surface area contributed by atoms with E-state index in [4.69, 9.17) is 4.74 Å². The molecule has 0 spiro atoms. The lowest BCUT2D eigenvalue weighted by Gasteiger charge is -2.38. The monoisotopic (exact) mass is 266 g/mol. The van der Waals surface area contributed by atoms with Gasteiger partial charge in [-0.1, -0.05) is 0 Å². The lowest BCUT2D eigenvalue weighted by Crippen LogP contribution is -2.59. The zero-order valence-electron chi connectivity index (χ0n) is 12.0. The fraction of sp³-hybridized carbons (Fsp3) is 0.692. The number of rotatable bonds is 5. The highest BCUT2D eigenvalue weighted by Gasteiger charge is 2.32. The van der Waals surface area contributed by atoms with Gasteiger partial charge in [0.05, 0.1) is 11.3 Å². The number of amides is 1. The molecule has 1 saturated heterocycles. The van der Waals surface area contributed by atoms with E-state index < -0.39 is 0 Å². The van der Waals surface area contributed by atoms with Crippen molar-refractivity contribution in [1.29, 1.82) is 0 Å². The maximum absolute atomic E-state index is 11.7. The van der Waals surface area contributed by atoms with Crippen LogP contribution in [-0.4, -0.2) is 41.0 Å². The van der Waals surface area contributed by atoms with Gasteiger partial charge in [0, 0.05) is 37.9 Å². The van der Waals surface area contributed by atoms with Gasteiger partial charge >= 0.3 is 0 Å². The summed E-state index contributed by atoms with van der Waals surface area (Å²) >= 11 is 0. The van der Waals surface area contributed by atoms with Crippen LogP contribution in [0.25, 0.3) is 0 Å². The minimum atomic E-state index is -0.183. The third-order valence-corrected chi connectivity index (χ3v) is 3.67. The molecule has 0 bridgehead atoms.